The molecule has 1 aliphatic rings. The largest absolute Gasteiger partial charge is 0.497 e. The zero-order valence-corrected chi connectivity index (χ0v) is 13.1. The van der Waals surface area contributed by atoms with Crippen molar-refractivity contribution in [3.63, 3.8) is 0 Å². The molecule has 2 aromatic heterocycles. The van der Waals surface area contributed by atoms with E-state index >= 15 is 0 Å². The van der Waals surface area contributed by atoms with Gasteiger partial charge in [0, 0.05) is 41.7 Å². The van der Waals surface area contributed by atoms with Gasteiger partial charge in [-0.15, -0.1) is 11.3 Å². The summed E-state index contributed by atoms with van der Waals surface area (Å²) in [6, 6.07) is 9.85. The summed E-state index contributed by atoms with van der Waals surface area (Å²) in [6.07, 6.45) is 0.865. The molecule has 112 valence electrons. The maximum Gasteiger partial charge on any atom is 0.264 e. The first-order valence-corrected chi connectivity index (χ1v) is 8.14. The number of H-pyrrole nitrogens is 1. The number of rotatable bonds is 2. The Morgan fingerprint density at radius 1 is 1.36 bits per heavy atom. The van der Waals surface area contributed by atoms with Crippen molar-refractivity contribution in [2.45, 2.75) is 13.0 Å². The monoisotopic (exact) mass is 312 g/mol. The fourth-order valence-corrected chi connectivity index (χ4v) is 3.74. The van der Waals surface area contributed by atoms with E-state index in [2.05, 4.69) is 4.98 Å². The second-order valence-corrected chi connectivity index (χ2v) is 6.40. The van der Waals surface area contributed by atoms with E-state index in [0.29, 0.717) is 6.54 Å². The smallest absolute Gasteiger partial charge is 0.264 e. The van der Waals surface area contributed by atoms with Crippen LogP contribution in [-0.4, -0.2) is 29.4 Å². The van der Waals surface area contributed by atoms with Crippen molar-refractivity contribution in [3.8, 4) is 5.75 Å². The molecule has 1 N–H and O–H groups in total. The fraction of sp³-hybridized carbons (Fsp3) is 0.235. The summed E-state index contributed by atoms with van der Waals surface area (Å²) in [6.45, 7) is 1.41. The minimum absolute atomic E-state index is 0.123. The molecule has 0 saturated heterocycles. The topological polar surface area (TPSA) is 45.3 Å². The van der Waals surface area contributed by atoms with Crippen LogP contribution in [0.25, 0.3) is 10.9 Å². The van der Waals surface area contributed by atoms with Gasteiger partial charge in [0.25, 0.3) is 5.91 Å². The molecule has 22 heavy (non-hydrogen) atoms. The Bertz CT molecular complexity index is 836. The summed E-state index contributed by atoms with van der Waals surface area (Å²) >= 11 is 1.50. The number of carbonyl (C=O) groups excluding carboxylic acids is 1. The van der Waals surface area contributed by atoms with Crippen LogP contribution in [0, 0.1) is 0 Å². The van der Waals surface area contributed by atoms with Crippen LogP contribution in [0.4, 0.5) is 0 Å². The quantitative estimate of drug-likeness (QED) is 0.788. The zero-order chi connectivity index (χ0) is 15.1. The number of hydrogen-bond acceptors (Lipinski definition) is 3. The number of aromatic nitrogens is 1. The first-order valence-electron chi connectivity index (χ1n) is 7.26. The summed E-state index contributed by atoms with van der Waals surface area (Å²) in [7, 11) is 1.67. The van der Waals surface area contributed by atoms with Crippen LogP contribution in [-0.2, 0) is 13.0 Å². The van der Waals surface area contributed by atoms with Crippen LogP contribution in [0.1, 0.15) is 20.9 Å². The van der Waals surface area contributed by atoms with Gasteiger partial charge in [-0.05, 0) is 29.6 Å². The Morgan fingerprint density at radius 2 is 2.27 bits per heavy atom. The number of ether oxygens (including phenoxy) is 1. The third kappa shape index (κ3) is 2.09. The van der Waals surface area contributed by atoms with Crippen molar-refractivity contribution < 1.29 is 9.53 Å². The standard InChI is InChI=1S/C17H16N2O2S/c1-21-11-4-5-14-12(9-11)13-10-19(7-6-15(13)18-14)17(20)16-3-2-8-22-16/h2-5,8-9,18H,6-7,10H2,1H3. The molecule has 1 aliphatic heterocycles. The van der Waals surface area contributed by atoms with E-state index in [1.54, 1.807) is 7.11 Å². The molecule has 0 saturated carbocycles. The Hall–Kier alpha value is -2.27. The van der Waals surface area contributed by atoms with Gasteiger partial charge < -0.3 is 14.6 Å². The highest BCUT2D eigenvalue weighted by atomic mass is 32.1. The summed E-state index contributed by atoms with van der Waals surface area (Å²) in [4.78, 5) is 18.8. The molecule has 0 atom stereocenters. The maximum absolute atomic E-state index is 12.6. The van der Waals surface area contributed by atoms with Gasteiger partial charge in [-0.25, -0.2) is 0 Å². The fourth-order valence-electron chi connectivity index (χ4n) is 3.05. The van der Waals surface area contributed by atoms with Gasteiger partial charge in [-0.3, -0.25) is 4.79 Å². The number of carbonyl (C=O) groups is 1. The van der Waals surface area contributed by atoms with Gasteiger partial charge in [-0.1, -0.05) is 6.07 Å². The summed E-state index contributed by atoms with van der Waals surface area (Å²) in [5.41, 5.74) is 3.56. The highest BCUT2D eigenvalue weighted by Crippen LogP contribution is 2.31. The number of thiophene rings is 1. The number of benzene rings is 1. The summed E-state index contributed by atoms with van der Waals surface area (Å²) in [5.74, 6) is 0.967. The highest BCUT2D eigenvalue weighted by molar-refractivity contribution is 7.12. The number of amides is 1. The third-order valence-corrected chi connectivity index (χ3v) is 5.06. The highest BCUT2D eigenvalue weighted by Gasteiger charge is 2.25. The van der Waals surface area contributed by atoms with Gasteiger partial charge in [-0.2, -0.15) is 0 Å². The van der Waals surface area contributed by atoms with Crippen LogP contribution in [0.3, 0.4) is 0 Å². The second-order valence-electron chi connectivity index (χ2n) is 5.45. The Kier molecular flexibility index (Phi) is 3.15. The van der Waals surface area contributed by atoms with Gasteiger partial charge >= 0.3 is 0 Å². The number of nitrogens with zero attached hydrogens (tertiary/aromatic N) is 1. The van der Waals surface area contributed by atoms with E-state index in [1.165, 1.54) is 22.6 Å². The maximum atomic E-state index is 12.6. The molecule has 1 aromatic carbocycles. The summed E-state index contributed by atoms with van der Waals surface area (Å²) < 4.78 is 5.32. The molecule has 3 aromatic rings. The predicted octanol–water partition coefficient (Wildman–Crippen LogP) is 3.44. The van der Waals surface area contributed by atoms with Gasteiger partial charge in [0.2, 0.25) is 0 Å². The van der Waals surface area contributed by atoms with Crippen LogP contribution in [0.2, 0.25) is 0 Å². The molecule has 3 heterocycles. The molecule has 0 radical (unpaired) electrons. The molecular formula is C17H16N2O2S. The average Bonchev–Trinajstić information content (AvgIpc) is 3.20. The predicted molar refractivity (Wildman–Crippen MR) is 87.6 cm³/mol. The molecule has 5 heteroatoms. The van der Waals surface area contributed by atoms with Crippen molar-refractivity contribution in [1.82, 2.24) is 9.88 Å². The van der Waals surface area contributed by atoms with Gasteiger partial charge in [0.1, 0.15) is 5.75 Å². The van der Waals surface area contributed by atoms with E-state index in [1.807, 2.05) is 40.6 Å². The van der Waals surface area contributed by atoms with E-state index in [4.69, 9.17) is 4.74 Å². The SMILES string of the molecule is COc1ccc2[nH]c3c(c2c1)CN(C(=O)c1cccs1)CC3. The third-order valence-electron chi connectivity index (χ3n) is 4.20. The van der Waals surface area contributed by atoms with Gasteiger partial charge in [0.05, 0.1) is 12.0 Å². The number of fused-ring (bicyclic) bond motifs is 3. The Balaban J connectivity index is 1.71. The molecule has 0 unspecified atom stereocenters. The normalized spacial score (nSPS) is 14.1. The van der Waals surface area contributed by atoms with Crippen molar-refractivity contribution in [2.24, 2.45) is 0 Å². The lowest BCUT2D eigenvalue weighted by Gasteiger charge is -2.26. The van der Waals surface area contributed by atoms with Crippen molar-refractivity contribution in [3.05, 3.63) is 51.8 Å². The molecule has 4 nitrogen and oxygen atoms in total. The summed E-state index contributed by atoms with van der Waals surface area (Å²) in [5, 5.41) is 3.09. The van der Waals surface area contributed by atoms with Gasteiger partial charge in [0.15, 0.2) is 0 Å². The molecule has 1 amide bonds. The van der Waals surface area contributed by atoms with Crippen molar-refractivity contribution in [1.29, 1.82) is 0 Å². The Labute approximate surface area is 132 Å². The van der Waals surface area contributed by atoms with Crippen molar-refractivity contribution >= 4 is 28.1 Å². The minimum Gasteiger partial charge on any atom is -0.497 e. The van der Waals surface area contributed by atoms with Crippen LogP contribution < -0.4 is 4.74 Å². The lowest BCUT2D eigenvalue weighted by atomic mass is 10.0. The first-order chi connectivity index (χ1) is 10.8. The average molecular weight is 312 g/mol. The second kappa shape index (κ2) is 5.18. The number of aromatic amines is 1. The Morgan fingerprint density at radius 3 is 3.05 bits per heavy atom. The van der Waals surface area contributed by atoms with Crippen LogP contribution in [0.5, 0.6) is 5.75 Å². The molecule has 0 spiro atoms. The molecule has 0 fully saturated rings. The molecule has 0 bridgehead atoms. The lowest BCUT2D eigenvalue weighted by molar-refractivity contribution is 0.0740. The lowest BCUT2D eigenvalue weighted by Crippen LogP contribution is -2.35. The van der Waals surface area contributed by atoms with E-state index in [0.717, 1.165) is 34.5 Å². The van der Waals surface area contributed by atoms with Crippen LogP contribution >= 0.6 is 11.3 Å². The number of methoxy groups -OCH3 is 1. The molecule has 0 aliphatic carbocycles. The zero-order valence-electron chi connectivity index (χ0n) is 12.3. The van der Waals surface area contributed by atoms with E-state index in [9.17, 15) is 4.79 Å². The number of hydrogen-bond donors (Lipinski definition) is 1. The molecule has 4 rings (SSSR count). The van der Waals surface area contributed by atoms with Crippen molar-refractivity contribution in [2.75, 3.05) is 13.7 Å². The van der Waals surface area contributed by atoms with Crippen LogP contribution in [0.15, 0.2) is 35.7 Å². The first kappa shape index (κ1) is 13.4. The number of nitrogens with one attached hydrogen (secondary N) is 1. The van der Waals surface area contributed by atoms with E-state index in [-0.39, 0.29) is 5.91 Å². The molecular weight excluding hydrogens is 296 g/mol. The minimum atomic E-state index is 0.123. The van der Waals surface area contributed by atoms with E-state index < -0.39 is 0 Å².